The molecule has 0 saturated heterocycles. The van der Waals surface area contributed by atoms with Gasteiger partial charge >= 0.3 is 0 Å². The Balaban J connectivity index is 2.16. The van der Waals surface area contributed by atoms with Crippen molar-refractivity contribution in [3.63, 3.8) is 0 Å². The molecule has 0 spiro atoms. The summed E-state index contributed by atoms with van der Waals surface area (Å²) in [6.07, 6.45) is 5.37. The van der Waals surface area contributed by atoms with E-state index < -0.39 is 0 Å². The highest BCUT2D eigenvalue weighted by atomic mass is 35.5. The minimum absolute atomic E-state index is 0.177. The predicted octanol–water partition coefficient (Wildman–Crippen LogP) is 3.93. The number of halogens is 2. The van der Waals surface area contributed by atoms with Gasteiger partial charge in [-0.25, -0.2) is 4.39 Å². The molecule has 17 heavy (non-hydrogen) atoms. The summed E-state index contributed by atoms with van der Waals surface area (Å²) in [6.45, 7) is 2.20. The van der Waals surface area contributed by atoms with E-state index in [2.05, 4.69) is 6.92 Å². The first-order chi connectivity index (χ1) is 8.01. The van der Waals surface area contributed by atoms with Crippen LogP contribution in [0.25, 0.3) is 0 Å². The monoisotopic (exact) mass is 255 g/mol. The molecule has 0 heterocycles. The van der Waals surface area contributed by atoms with Crippen LogP contribution in [0.15, 0.2) is 18.2 Å². The summed E-state index contributed by atoms with van der Waals surface area (Å²) in [6, 6.07) is 5.00. The van der Waals surface area contributed by atoms with Crippen LogP contribution < -0.4 is 5.73 Å². The van der Waals surface area contributed by atoms with E-state index in [4.69, 9.17) is 17.3 Å². The van der Waals surface area contributed by atoms with E-state index in [0.717, 1.165) is 18.4 Å². The van der Waals surface area contributed by atoms with Gasteiger partial charge in [0.05, 0.1) is 5.02 Å². The van der Waals surface area contributed by atoms with Crippen molar-refractivity contribution in [2.75, 3.05) is 0 Å². The van der Waals surface area contributed by atoms with Crippen molar-refractivity contribution in [3.05, 3.63) is 34.6 Å². The van der Waals surface area contributed by atoms with Gasteiger partial charge in [0, 0.05) is 5.54 Å². The Morgan fingerprint density at radius 3 is 2.88 bits per heavy atom. The number of rotatable bonds is 2. The van der Waals surface area contributed by atoms with Crippen LogP contribution in [-0.4, -0.2) is 5.54 Å². The molecule has 1 aliphatic rings. The van der Waals surface area contributed by atoms with Gasteiger partial charge in [-0.05, 0) is 42.9 Å². The number of benzene rings is 1. The summed E-state index contributed by atoms with van der Waals surface area (Å²) in [4.78, 5) is 0. The number of hydrogen-bond acceptors (Lipinski definition) is 1. The third-order valence-electron chi connectivity index (χ3n) is 4.03. The lowest BCUT2D eigenvalue weighted by Gasteiger charge is -2.39. The molecule has 1 aromatic carbocycles. The Hall–Kier alpha value is -0.600. The third-order valence-corrected chi connectivity index (χ3v) is 4.33. The zero-order valence-corrected chi connectivity index (χ0v) is 10.9. The quantitative estimate of drug-likeness (QED) is 0.851. The van der Waals surface area contributed by atoms with Crippen LogP contribution in [0, 0.1) is 11.7 Å². The first-order valence-corrected chi connectivity index (χ1v) is 6.62. The van der Waals surface area contributed by atoms with Crippen molar-refractivity contribution in [1.82, 2.24) is 0 Å². The van der Waals surface area contributed by atoms with Gasteiger partial charge in [0.1, 0.15) is 5.82 Å². The van der Waals surface area contributed by atoms with E-state index in [1.165, 1.54) is 25.3 Å². The summed E-state index contributed by atoms with van der Waals surface area (Å²) in [5.41, 5.74) is 7.23. The Labute approximate surface area is 107 Å². The molecule has 94 valence electrons. The average Bonchev–Trinajstić information content (AvgIpc) is 2.28. The largest absolute Gasteiger partial charge is 0.325 e. The highest BCUT2D eigenvalue weighted by molar-refractivity contribution is 6.30. The second-order valence-corrected chi connectivity index (χ2v) is 5.71. The zero-order chi connectivity index (χ0) is 12.5. The molecule has 1 nitrogen and oxygen atoms in total. The van der Waals surface area contributed by atoms with E-state index in [9.17, 15) is 4.39 Å². The van der Waals surface area contributed by atoms with Gasteiger partial charge in [-0.2, -0.15) is 0 Å². The van der Waals surface area contributed by atoms with Crippen LogP contribution in [0.4, 0.5) is 4.39 Å². The fourth-order valence-corrected chi connectivity index (χ4v) is 2.85. The van der Waals surface area contributed by atoms with Crippen LogP contribution in [0.3, 0.4) is 0 Å². The maximum absolute atomic E-state index is 13.4. The van der Waals surface area contributed by atoms with Crippen LogP contribution >= 0.6 is 11.6 Å². The van der Waals surface area contributed by atoms with Gasteiger partial charge in [0.2, 0.25) is 0 Å². The lowest BCUT2D eigenvalue weighted by Crippen LogP contribution is -2.49. The van der Waals surface area contributed by atoms with Crippen molar-refractivity contribution < 1.29 is 4.39 Å². The van der Waals surface area contributed by atoms with Gasteiger partial charge in [0.25, 0.3) is 0 Å². The first kappa shape index (κ1) is 12.8. The van der Waals surface area contributed by atoms with E-state index >= 15 is 0 Å². The highest BCUT2D eigenvalue weighted by Crippen LogP contribution is 2.34. The van der Waals surface area contributed by atoms with Gasteiger partial charge in [0.15, 0.2) is 0 Å². The molecule has 1 saturated carbocycles. The highest BCUT2D eigenvalue weighted by Gasteiger charge is 2.34. The van der Waals surface area contributed by atoms with Gasteiger partial charge in [-0.1, -0.05) is 37.4 Å². The average molecular weight is 256 g/mol. The topological polar surface area (TPSA) is 26.0 Å². The predicted molar refractivity (Wildman–Crippen MR) is 69.7 cm³/mol. The number of nitrogens with two attached hydrogens (primary N) is 1. The minimum atomic E-state index is -0.351. The van der Waals surface area contributed by atoms with Crippen molar-refractivity contribution in [3.8, 4) is 0 Å². The summed E-state index contributed by atoms with van der Waals surface area (Å²) in [7, 11) is 0. The smallest absolute Gasteiger partial charge is 0.142 e. The third kappa shape index (κ3) is 2.80. The summed E-state index contributed by atoms with van der Waals surface area (Å²) >= 11 is 5.68. The molecule has 0 aliphatic heterocycles. The van der Waals surface area contributed by atoms with E-state index in [0.29, 0.717) is 5.92 Å². The lowest BCUT2D eigenvalue weighted by molar-refractivity contribution is 0.204. The molecular weight excluding hydrogens is 237 g/mol. The first-order valence-electron chi connectivity index (χ1n) is 6.24. The Bertz CT molecular complexity index is 407. The second kappa shape index (κ2) is 4.95. The van der Waals surface area contributed by atoms with Crippen molar-refractivity contribution >= 4 is 11.6 Å². The molecule has 1 aromatic rings. The molecule has 2 N–H and O–H groups in total. The molecule has 2 unspecified atom stereocenters. The maximum atomic E-state index is 13.4. The molecule has 2 rings (SSSR count). The van der Waals surface area contributed by atoms with Crippen molar-refractivity contribution in [2.45, 2.75) is 44.6 Å². The summed E-state index contributed by atoms with van der Waals surface area (Å²) in [5.74, 6) is 0.145. The van der Waals surface area contributed by atoms with Gasteiger partial charge in [-0.3, -0.25) is 0 Å². The van der Waals surface area contributed by atoms with Crippen molar-refractivity contribution in [2.24, 2.45) is 11.7 Å². The van der Waals surface area contributed by atoms with Crippen LogP contribution in [0.5, 0.6) is 0 Å². The zero-order valence-electron chi connectivity index (χ0n) is 10.2. The van der Waals surface area contributed by atoms with E-state index in [1.807, 2.05) is 6.07 Å². The molecule has 0 radical (unpaired) electrons. The summed E-state index contributed by atoms with van der Waals surface area (Å²) < 4.78 is 13.4. The fraction of sp³-hybridized carbons (Fsp3) is 0.571. The lowest BCUT2D eigenvalue weighted by atomic mass is 9.71. The van der Waals surface area contributed by atoms with E-state index in [-0.39, 0.29) is 16.4 Å². The molecular formula is C14H19ClFN. The fourth-order valence-electron chi connectivity index (χ4n) is 2.73. The number of hydrogen-bond donors (Lipinski definition) is 1. The van der Waals surface area contributed by atoms with Crippen LogP contribution in [0.1, 0.15) is 38.2 Å². The van der Waals surface area contributed by atoms with Gasteiger partial charge in [-0.15, -0.1) is 0 Å². The molecule has 0 bridgehead atoms. The minimum Gasteiger partial charge on any atom is -0.325 e. The SMILES string of the molecule is CC1CCCCC1(N)Cc1ccc(Cl)c(F)c1. The molecule has 1 fully saturated rings. The standard InChI is InChI=1S/C14H19ClFN/c1-10-4-2-3-7-14(10,17)9-11-5-6-12(15)13(16)8-11/h5-6,8,10H,2-4,7,9,17H2,1H3. The molecule has 0 aromatic heterocycles. The normalized spacial score (nSPS) is 29.3. The maximum Gasteiger partial charge on any atom is 0.142 e. The van der Waals surface area contributed by atoms with Gasteiger partial charge < -0.3 is 5.73 Å². The molecule has 3 heteroatoms. The molecule has 1 aliphatic carbocycles. The Morgan fingerprint density at radius 2 is 2.24 bits per heavy atom. The molecule has 2 atom stereocenters. The molecule has 0 amide bonds. The van der Waals surface area contributed by atoms with E-state index in [1.54, 1.807) is 6.07 Å². The Kier molecular flexibility index (Phi) is 3.74. The van der Waals surface area contributed by atoms with Crippen LogP contribution in [0.2, 0.25) is 5.02 Å². The Morgan fingerprint density at radius 1 is 1.47 bits per heavy atom. The van der Waals surface area contributed by atoms with Crippen LogP contribution in [-0.2, 0) is 6.42 Å². The second-order valence-electron chi connectivity index (χ2n) is 5.31. The van der Waals surface area contributed by atoms with Crippen molar-refractivity contribution in [1.29, 1.82) is 0 Å². The summed E-state index contributed by atoms with van der Waals surface area (Å²) in [5, 5.41) is 0.177.